The number of hydrogen-bond acceptors (Lipinski definition) is 5. The highest BCUT2D eigenvalue weighted by Crippen LogP contribution is 2.65. The van der Waals surface area contributed by atoms with Crippen LogP contribution in [0.5, 0.6) is 0 Å². The molecule has 2 aliphatic carbocycles. The van der Waals surface area contributed by atoms with Gasteiger partial charge in [-0.2, -0.15) is 0 Å². The quantitative estimate of drug-likeness (QED) is 0.328. The minimum absolute atomic E-state index is 0.0458. The van der Waals surface area contributed by atoms with Gasteiger partial charge in [-0.25, -0.2) is 4.79 Å². The van der Waals surface area contributed by atoms with Gasteiger partial charge in [-0.15, -0.1) is 0 Å². The fraction of sp³-hybridized carbons (Fsp3) is 0.852. The third kappa shape index (κ3) is 6.38. The topological polar surface area (TPSA) is 154 Å². The number of likely N-dealkylation sites (tertiary alicyclic amines) is 1. The van der Waals surface area contributed by atoms with Crippen LogP contribution in [-0.4, -0.2) is 70.1 Å². The number of urea groups is 1. The molecule has 37 heavy (non-hydrogen) atoms. The summed E-state index contributed by atoms with van der Waals surface area (Å²) in [5.41, 5.74) is 4.19. The minimum atomic E-state index is -1.50. The summed E-state index contributed by atoms with van der Waals surface area (Å²) in [5, 5.41) is 19.0. The van der Waals surface area contributed by atoms with Crippen LogP contribution in [0.4, 0.5) is 4.79 Å². The van der Waals surface area contributed by atoms with Gasteiger partial charge in [-0.3, -0.25) is 14.4 Å². The number of carbonyl (C=O) groups is 4. The maximum absolute atomic E-state index is 13.9. The lowest BCUT2D eigenvalue weighted by atomic mass is 9.79. The smallest absolute Gasteiger partial charge is 0.315 e. The third-order valence-electron chi connectivity index (χ3n) is 8.45. The fourth-order valence-corrected chi connectivity index (χ4v) is 5.96. The lowest BCUT2D eigenvalue weighted by Gasteiger charge is -2.39. The lowest BCUT2D eigenvalue weighted by molar-refractivity contribution is -0.144. The van der Waals surface area contributed by atoms with E-state index < -0.39 is 47.1 Å². The van der Waals surface area contributed by atoms with Crippen molar-refractivity contribution in [2.45, 2.75) is 111 Å². The Morgan fingerprint density at radius 1 is 1.05 bits per heavy atom. The average molecular weight is 522 g/mol. The van der Waals surface area contributed by atoms with E-state index in [0.717, 1.165) is 19.3 Å². The molecule has 0 aromatic carbocycles. The molecule has 3 rings (SSSR count). The Balaban J connectivity index is 1.83. The molecule has 0 bridgehead atoms. The highest BCUT2D eigenvalue weighted by molar-refractivity contribution is 5.94. The van der Waals surface area contributed by atoms with Crippen molar-refractivity contribution in [1.29, 1.82) is 0 Å². The summed E-state index contributed by atoms with van der Waals surface area (Å²) >= 11 is 0. The Hall–Kier alpha value is -2.36. The number of aliphatic hydroxyl groups is 1. The summed E-state index contributed by atoms with van der Waals surface area (Å²) in [6.45, 7) is 15.8. The van der Waals surface area contributed by atoms with Crippen LogP contribution in [0, 0.1) is 28.6 Å². The first-order valence-corrected chi connectivity index (χ1v) is 13.5. The zero-order valence-electron chi connectivity index (χ0n) is 23.7. The summed E-state index contributed by atoms with van der Waals surface area (Å²) < 4.78 is 0. The number of fused-ring (bicyclic) bond motifs is 1. The van der Waals surface area contributed by atoms with Gasteiger partial charge in [0.2, 0.25) is 17.7 Å². The molecule has 0 spiro atoms. The zero-order valence-corrected chi connectivity index (χ0v) is 23.7. The summed E-state index contributed by atoms with van der Waals surface area (Å²) in [4.78, 5) is 53.7. The number of nitrogens with two attached hydrogens (primary N) is 1. The molecule has 0 aromatic rings. The van der Waals surface area contributed by atoms with Crippen LogP contribution >= 0.6 is 0 Å². The fourth-order valence-electron chi connectivity index (χ4n) is 5.96. The van der Waals surface area contributed by atoms with E-state index in [9.17, 15) is 24.3 Å². The van der Waals surface area contributed by atoms with Gasteiger partial charge in [0, 0.05) is 12.1 Å². The predicted octanol–water partition coefficient (Wildman–Crippen LogP) is 1.50. The number of nitrogens with one attached hydrogen (secondary N) is 3. The maximum atomic E-state index is 13.9. The molecule has 3 unspecified atom stereocenters. The largest absolute Gasteiger partial charge is 0.381 e. The molecule has 1 saturated heterocycles. The number of piperidine rings is 1. The molecule has 6 atom stereocenters. The van der Waals surface area contributed by atoms with E-state index >= 15 is 0 Å². The summed E-state index contributed by atoms with van der Waals surface area (Å²) in [6.07, 6.45) is 2.03. The number of nitrogens with zero attached hydrogens (tertiary/aromatic N) is 1. The lowest BCUT2D eigenvalue weighted by Crippen LogP contribution is -2.62. The summed E-state index contributed by atoms with van der Waals surface area (Å²) in [6, 6.07) is -2.86. The molecule has 1 heterocycles. The van der Waals surface area contributed by atoms with Crippen molar-refractivity contribution in [3.8, 4) is 0 Å². The van der Waals surface area contributed by atoms with Gasteiger partial charge in [-0.1, -0.05) is 53.9 Å². The first-order valence-electron chi connectivity index (χ1n) is 13.5. The van der Waals surface area contributed by atoms with Gasteiger partial charge in [-0.05, 0) is 55.8 Å². The molecule has 5 amide bonds. The van der Waals surface area contributed by atoms with Crippen LogP contribution in [0.1, 0.15) is 81.1 Å². The monoisotopic (exact) mass is 521 g/mol. The number of carbonyl (C=O) groups excluding carboxylic acids is 4. The number of hydrogen-bond donors (Lipinski definition) is 5. The average Bonchev–Trinajstić information content (AvgIpc) is 3.06. The molecule has 0 radical (unpaired) electrons. The predicted molar refractivity (Wildman–Crippen MR) is 140 cm³/mol. The van der Waals surface area contributed by atoms with Crippen molar-refractivity contribution in [2.24, 2.45) is 34.3 Å². The van der Waals surface area contributed by atoms with Gasteiger partial charge in [0.15, 0.2) is 6.10 Å². The molecule has 210 valence electrons. The molecular weight excluding hydrogens is 474 g/mol. The second-order valence-electron chi connectivity index (χ2n) is 14.0. The van der Waals surface area contributed by atoms with E-state index in [-0.39, 0.29) is 29.1 Å². The second-order valence-corrected chi connectivity index (χ2v) is 14.0. The van der Waals surface area contributed by atoms with Crippen molar-refractivity contribution in [3.05, 3.63) is 0 Å². The van der Waals surface area contributed by atoms with E-state index in [1.165, 1.54) is 0 Å². The minimum Gasteiger partial charge on any atom is -0.381 e. The van der Waals surface area contributed by atoms with Gasteiger partial charge in [0.1, 0.15) is 12.1 Å². The van der Waals surface area contributed by atoms with Crippen LogP contribution in [0.2, 0.25) is 0 Å². The molecule has 3 aliphatic rings. The molecule has 1 aliphatic heterocycles. The van der Waals surface area contributed by atoms with Gasteiger partial charge in [0.05, 0.1) is 6.04 Å². The van der Waals surface area contributed by atoms with E-state index in [4.69, 9.17) is 5.73 Å². The molecule has 0 aromatic heterocycles. The number of rotatable bonds is 8. The molecule has 6 N–H and O–H groups in total. The van der Waals surface area contributed by atoms with Gasteiger partial charge in [0.25, 0.3) is 0 Å². The Kier molecular flexibility index (Phi) is 7.95. The van der Waals surface area contributed by atoms with Crippen molar-refractivity contribution in [1.82, 2.24) is 20.9 Å². The first-order chi connectivity index (χ1) is 16.8. The second kappa shape index (κ2) is 10.1. The van der Waals surface area contributed by atoms with Crippen LogP contribution in [0.25, 0.3) is 0 Å². The Morgan fingerprint density at radius 3 is 2.11 bits per heavy atom. The Labute approximate surface area is 220 Å². The van der Waals surface area contributed by atoms with E-state index in [2.05, 4.69) is 29.8 Å². The number of aliphatic hydroxyl groups excluding tert-OH is 1. The van der Waals surface area contributed by atoms with Crippen LogP contribution in [-0.2, 0) is 14.4 Å². The normalized spacial score (nSPS) is 27.3. The van der Waals surface area contributed by atoms with Crippen molar-refractivity contribution in [3.63, 3.8) is 0 Å². The third-order valence-corrected chi connectivity index (χ3v) is 8.45. The van der Waals surface area contributed by atoms with Gasteiger partial charge < -0.3 is 31.7 Å². The maximum Gasteiger partial charge on any atom is 0.315 e. The zero-order chi connectivity index (χ0) is 28.1. The van der Waals surface area contributed by atoms with E-state index in [0.29, 0.717) is 18.9 Å². The van der Waals surface area contributed by atoms with Crippen molar-refractivity contribution >= 4 is 23.8 Å². The van der Waals surface area contributed by atoms with Crippen LogP contribution < -0.4 is 21.7 Å². The number of primary amides is 1. The standard InChI is InChI=1S/C27H47N5O5/c1-25(2,3)20(30-24(37)31-26(4,5)6)23(36)32-13-15-17(27(15,7)8)18(32)22(35)29-16(19(33)21(28)34)12-14-10-9-11-14/h14-20,33H,9-13H2,1-8H3,(H2,28,34)(H,29,35)(H2,30,31,37)/t15?,16?,17-,18-,19?,20+/m0/s1. The van der Waals surface area contributed by atoms with E-state index in [1.54, 1.807) is 4.90 Å². The van der Waals surface area contributed by atoms with Crippen LogP contribution in [0.15, 0.2) is 0 Å². The van der Waals surface area contributed by atoms with Crippen molar-refractivity contribution in [2.75, 3.05) is 6.54 Å². The molecule has 10 nitrogen and oxygen atoms in total. The Morgan fingerprint density at radius 2 is 1.65 bits per heavy atom. The highest BCUT2D eigenvalue weighted by Gasteiger charge is 2.69. The van der Waals surface area contributed by atoms with Gasteiger partial charge >= 0.3 is 6.03 Å². The molecule has 10 heteroatoms. The molecular formula is C27H47N5O5. The van der Waals surface area contributed by atoms with Crippen molar-refractivity contribution < 1.29 is 24.3 Å². The molecule has 2 saturated carbocycles. The van der Waals surface area contributed by atoms with Crippen LogP contribution in [0.3, 0.4) is 0 Å². The highest BCUT2D eigenvalue weighted by atomic mass is 16.3. The summed E-state index contributed by atoms with van der Waals surface area (Å²) in [5.74, 6) is -1.15. The molecule has 3 fully saturated rings. The van der Waals surface area contributed by atoms with E-state index in [1.807, 2.05) is 41.5 Å². The summed E-state index contributed by atoms with van der Waals surface area (Å²) in [7, 11) is 0. The SMILES string of the molecule is CC(C)(C)NC(=O)N[C@H](C(=O)N1CC2[C@@H]([C@H]1C(=O)NC(CC1CCC1)C(O)C(N)=O)C2(C)C)C(C)(C)C. The first kappa shape index (κ1) is 29.2. The number of amides is 5. The Bertz CT molecular complexity index is 917.